The first-order chi connectivity index (χ1) is 12.6. The second kappa shape index (κ2) is 7.65. The Hall–Kier alpha value is -3.41. The zero-order valence-corrected chi connectivity index (χ0v) is 14.4. The highest BCUT2D eigenvalue weighted by atomic mass is 19.1. The van der Waals surface area contributed by atoms with Gasteiger partial charge in [0, 0.05) is 11.8 Å². The minimum absolute atomic E-state index is 0.129. The number of hydrogen-bond donors (Lipinski definition) is 2. The van der Waals surface area contributed by atoms with Gasteiger partial charge in [0.1, 0.15) is 17.4 Å². The standard InChI is InChI=1S/C20H18FN3O2/c1-13-7-8-18(26-2)17(11-13)23-19-12-14(9-10-22-19)20(25)24-16-6-4-3-5-15(16)21/h3-12H,1-2H3,(H,22,23)(H,24,25). The van der Waals surface area contributed by atoms with Crippen LogP contribution in [0.1, 0.15) is 15.9 Å². The highest BCUT2D eigenvalue weighted by molar-refractivity contribution is 6.04. The van der Waals surface area contributed by atoms with Gasteiger partial charge in [0.15, 0.2) is 0 Å². The molecule has 2 N–H and O–H groups in total. The Morgan fingerprint density at radius 1 is 1.08 bits per heavy atom. The smallest absolute Gasteiger partial charge is 0.255 e. The summed E-state index contributed by atoms with van der Waals surface area (Å²) in [5.74, 6) is 0.239. The van der Waals surface area contributed by atoms with Crippen LogP contribution in [0.4, 0.5) is 21.6 Å². The number of halogens is 1. The number of aryl methyl sites for hydroxylation is 1. The quantitative estimate of drug-likeness (QED) is 0.709. The van der Waals surface area contributed by atoms with Crippen LogP contribution < -0.4 is 15.4 Å². The lowest BCUT2D eigenvalue weighted by Gasteiger charge is -2.12. The summed E-state index contributed by atoms with van der Waals surface area (Å²) in [6.07, 6.45) is 1.51. The second-order valence-electron chi connectivity index (χ2n) is 5.69. The van der Waals surface area contributed by atoms with Crippen molar-refractivity contribution in [1.29, 1.82) is 0 Å². The molecule has 5 nitrogen and oxygen atoms in total. The first-order valence-corrected chi connectivity index (χ1v) is 8.00. The van der Waals surface area contributed by atoms with Gasteiger partial charge < -0.3 is 15.4 Å². The molecule has 0 radical (unpaired) electrons. The Balaban J connectivity index is 1.81. The van der Waals surface area contributed by atoms with Gasteiger partial charge in [-0.15, -0.1) is 0 Å². The predicted molar refractivity (Wildman–Crippen MR) is 99.6 cm³/mol. The van der Waals surface area contributed by atoms with E-state index in [0.717, 1.165) is 11.3 Å². The summed E-state index contributed by atoms with van der Waals surface area (Å²) in [5, 5.41) is 5.70. The molecule has 1 amide bonds. The van der Waals surface area contributed by atoms with Crippen molar-refractivity contribution in [2.24, 2.45) is 0 Å². The Morgan fingerprint density at radius 2 is 1.88 bits per heavy atom. The van der Waals surface area contributed by atoms with Gasteiger partial charge in [0.05, 0.1) is 18.5 Å². The summed E-state index contributed by atoms with van der Waals surface area (Å²) in [6, 6.07) is 14.9. The van der Waals surface area contributed by atoms with Crippen LogP contribution in [0.3, 0.4) is 0 Å². The molecular formula is C20H18FN3O2. The number of aromatic nitrogens is 1. The molecular weight excluding hydrogens is 333 g/mol. The largest absolute Gasteiger partial charge is 0.495 e. The third-order valence-corrected chi connectivity index (χ3v) is 3.76. The number of nitrogens with zero attached hydrogens (tertiary/aromatic N) is 1. The maximum absolute atomic E-state index is 13.7. The Bertz CT molecular complexity index is 944. The van der Waals surface area contributed by atoms with Crippen LogP contribution in [0, 0.1) is 12.7 Å². The number of methoxy groups -OCH3 is 1. The van der Waals surface area contributed by atoms with Crippen LogP contribution in [-0.2, 0) is 0 Å². The van der Waals surface area contributed by atoms with Gasteiger partial charge in [-0.3, -0.25) is 4.79 Å². The van der Waals surface area contributed by atoms with E-state index < -0.39 is 11.7 Å². The number of para-hydroxylation sites is 1. The highest BCUT2D eigenvalue weighted by Crippen LogP contribution is 2.28. The van der Waals surface area contributed by atoms with Gasteiger partial charge in [-0.2, -0.15) is 0 Å². The normalized spacial score (nSPS) is 10.3. The number of pyridine rings is 1. The van der Waals surface area contributed by atoms with Gasteiger partial charge in [-0.1, -0.05) is 18.2 Å². The molecule has 3 aromatic rings. The number of nitrogens with one attached hydrogen (secondary N) is 2. The van der Waals surface area contributed by atoms with E-state index in [-0.39, 0.29) is 5.69 Å². The number of hydrogen-bond acceptors (Lipinski definition) is 4. The molecule has 0 atom stereocenters. The number of carbonyl (C=O) groups excluding carboxylic acids is 1. The summed E-state index contributed by atoms with van der Waals surface area (Å²) in [6.45, 7) is 1.97. The predicted octanol–water partition coefficient (Wildman–Crippen LogP) is 4.53. The lowest BCUT2D eigenvalue weighted by atomic mass is 10.2. The first-order valence-electron chi connectivity index (χ1n) is 8.00. The SMILES string of the molecule is COc1ccc(C)cc1Nc1cc(C(=O)Nc2ccccc2F)ccn1. The number of carbonyl (C=O) groups is 1. The van der Waals surface area contributed by atoms with E-state index in [9.17, 15) is 9.18 Å². The molecule has 2 aromatic carbocycles. The maximum atomic E-state index is 13.7. The molecule has 0 fully saturated rings. The molecule has 0 saturated heterocycles. The molecule has 26 heavy (non-hydrogen) atoms. The molecule has 0 saturated carbocycles. The number of benzene rings is 2. The number of amides is 1. The maximum Gasteiger partial charge on any atom is 0.255 e. The van der Waals surface area contributed by atoms with E-state index in [1.165, 1.54) is 18.3 Å². The third-order valence-electron chi connectivity index (χ3n) is 3.76. The van der Waals surface area contributed by atoms with E-state index in [2.05, 4.69) is 15.6 Å². The molecule has 0 unspecified atom stereocenters. The van der Waals surface area contributed by atoms with E-state index in [1.54, 1.807) is 31.4 Å². The second-order valence-corrected chi connectivity index (χ2v) is 5.69. The Morgan fingerprint density at radius 3 is 2.65 bits per heavy atom. The summed E-state index contributed by atoms with van der Waals surface area (Å²) >= 11 is 0. The van der Waals surface area contributed by atoms with Crippen molar-refractivity contribution in [2.45, 2.75) is 6.92 Å². The molecule has 0 aliphatic heterocycles. The topological polar surface area (TPSA) is 63.2 Å². The molecule has 1 heterocycles. The van der Waals surface area contributed by atoms with Gasteiger partial charge in [-0.25, -0.2) is 9.37 Å². The minimum atomic E-state index is -0.488. The summed E-state index contributed by atoms with van der Waals surface area (Å²) in [4.78, 5) is 16.6. The number of rotatable bonds is 5. The van der Waals surface area contributed by atoms with E-state index in [4.69, 9.17) is 4.74 Å². The van der Waals surface area contributed by atoms with Crippen LogP contribution in [0.5, 0.6) is 5.75 Å². The van der Waals surface area contributed by atoms with Gasteiger partial charge in [0.25, 0.3) is 5.91 Å². The summed E-state index contributed by atoms with van der Waals surface area (Å²) < 4.78 is 19.0. The molecule has 132 valence electrons. The van der Waals surface area contributed by atoms with Crippen molar-refractivity contribution >= 4 is 23.1 Å². The molecule has 3 rings (SSSR count). The van der Waals surface area contributed by atoms with Crippen LogP contribution in [0.15, 0.2) is 60.8 Å². The highest BCUT2D eigenvalue weighted by Gasteiger charge is 2.11. The molecule has 6 heteroatoms. The molecule has 0 aliphatic carbocycles. The average Bonchev–Trinajstić information content (AvgIpc) is 2.64. The summed E-state index contributed by atoms with van der Waals surface area (Å²) in [7, 11) is 1.58. The Kier molecular flexibility index (Phi) is 5.12. The van der Waals surface area contributed by atoms with Crippen molar-refractivity contribution in [3.05, 3.63) is 77.7 Å². The van der Waals surface area contributed by atoms with Crippen molar-refractivity contribution in [2.75, 3.05) is 17.7 Å². The fraction of sp³-hybridized carbons (Fsp3) is 0.100. The first kappa shape index (κ1) is 17.4. The van der Waals surface area contributed by atoms with E-state index in [1.807, 2.05) is 25.1 Å². The fourth-order valence-corrected chi connectivity index (χ4v) is 2.45. The zero-order valence-electron chi connectivity index (χ0n) is 14.4. The number of ether oxygens (including phenoxy) is 1. The minimum Gasteiger partial charge on any atom is -0.495 e. The van der Waals surface area contributed by atoms with Crippen molar-refractivity contribution in [3.63, 3.8) is 0 Å². The molecule has 0 bridgehead atoms. The number of anilines is 3. The van der Waals surface area contributed by atoms with E-state index in [0.29, 0.717) is 17.1 Å². The van der Waals surface area contributed by atoms with Gasteiger partial charge in [0.2, 0.25) is 0 Å². The molecule has 0 spiro atoms. The lowest BCUT2D eigenvalue weighted by molar-refractivity contribution is 0.102. The van der Waals surface area contributed by atoms with Crippen molar-refractivity contribution in [3.8, 4) is 5.75 Å². The van der Waals surface area contributed by atoms with Crippen LogP contribution in [0.25, 0.3) is 0 Å². The summed E-state index contributed by atoms with van der Waals surface area (Å²) in [5.41, 5.74) is 2.29. The Labute approximate surface area is 150 Å². The average molecular weight is 351 g/mol. The molecule has 1 aromatic heterocycles. The van der Waals surface area contributed by atoms with Crippen LogP contribution >= 0.6 is 0 Å². The van der Waals surface area contributed by atoms with Crippen molar-refractivity contribution < 1.29 is 13.9 Å². The molecule has 0 aliphatic rings. The third kappa shape index (κ3) is 3.97. The van der Waals surface area contributed by atoms with Gasteiger partial charge in [-0.05, 0) is 48.9 Å². The fourth-order valence-electron chi connectivity index (χ4n) is 2.45. The van der Waals surface area contributed by atoms with Gasteiger partial charge >= 0.3 is 0 Å². The monoisotopic (exact) mass is 351 g/mol. The van der Waals surface area contributed by atoms with Crippen molar-refractivity contribution in [1.82, 2.24) is 4.98 Å². The lowest BCUT2D eigenvalue weighted by Crippen LogP contribution is -2.13. The van der Waals surface area contributed by atoms with Crippen LogP contribution in [0.2, 0.25) is 0 Å². The van der Waals surface area contributed by atoms with Crippen LogP contribution in [-0.4, -0.2) is 18.0 Å². The van der Waals surface area contributed by atoms with E-state index >= 15 is 0 Å². The zero-order chi connectivity index (χ0) is 18.5.